The number of rotatable bonds is 7. The Bertz CT molecular complexity index is 1370. The van der Waals surface area contributed by atoms with Gasteiger partial charge < -0.3 is 29.7 Å². The molecule has 0 aliphatic carbocycles. The van der Waals surface area contributed by atoms with Gasteiger partial charge in [0.15, 0.2) is 6.10 Å². The number of carboxylic acids is 1. The quantitative estimate of drug-likeness (QED) is 0.326. The van der Waals surface area contributed by atoms with Crippen LogP contribution in [0.5, 0.6) is 11.5 Å². The predicted octanol–water partition coefficient (Wildman–Crippen LogP) is 2.56. The van der Waals surface area contributed by atoms with Gasteiger partial charge in [0.05, 0.1) is 0 Å². The summed E-state index contributed by atoms with van der Waals surface area (Å²) in [5.74, 6) is -1.46. The maximum atomic E-state index is 12.6. The van der Waals surface area contributed by atoms with Gasteiger partial charge in [0.2, 0.25) is 0 Å². The average molecular weight is 436 g/mol. The highest BCUT2D eigenvalue weighted by Crippen LogP contribution is 2.24. The van der Waals surface area contributed by atoms with E-state index < -0.39 is 29.6 Å². The molecule has 2 atom stereocenters. The third kappa shape index (κ3) is 4.41. The van der Waals surface area contributed by atoms with Crippen LogP contribution in [0, 0.1) is 0 Å². The number of aromatic hydroxyl groups is 1. The molecule has 2 aromatic carbocycles. The number of nitrogens with one attached hydrogen (secondary N) is 2. The minimum Gasteiger partial charge on any atom is -0.508 e. The van der Waals surface area contributed by atoms with Crippen molar-refractivity contribution >= 4 is 33.7 Å². The van der Waals surface area contributed by atoms with Gasteiger partial charge in [-0.15, -0.1) is 0 Å². The zero-order valence-electron chi connectivity index (χ0n) is 17.0. The van der Waals surface area contributed by atoms with E-state index in [0.29, 0.717) is 27.7 Å². The van der Waals surface area contributed by atoms with Gasteiger partial charge in [0, 0.05) is 41.0 Å². The van der Waals surface area contributed by atoms with Crippen LogP contribution in [0.3, 0.4) is 0 Å². The molecule has 0 bridgehead atoms. The number of aromatic amines is 1. The van der Waals surface area contributed by atoms with E-state index in [0.717, 1.165) is 5.52 Å². The van der Waals surface area contributed by atoms with Gasteiger partial charge in [-0.05, 0) is 48.9 Å². The number of fused-ring (bicyclic) bond motifs is 2. The lowest BCUT2D eigenvalue weighted by Crippen LogP contribution is -2.47. The van der Waals surface area contributed by atoms with Crippen molar-refractivity contribution in [2.75, 3.05) is 0 Å². The molecule has 0 fully saturated rings. The fraction of sp³-hybridized carbons (Fsp3) is 0.174. The van der Waals surface area contributed by atoms with E-state index in [9.17, 15) is 24.6 Å². The first-order chi connectivity index (χ1) is 15.3. The zero-order chi connectivity index (χ0) is 22.8. The lowest BCUT2D eigenvalue weighted by molar-refractivity contribution is -0.142. The molecule has 0 spiro atoms. The Morgan fingerprint density at radius 1 is 1.16 bits per heavy atom. The third-order valence-electron chi connectivity index (χ3n) is 5.07. The van der Waals surface area contributed by atoms with Crippen LogP contribution in [0.1, 0.15) is 12.5 Å². The smallest absolute Gasteiger partial charge is 0.336 e. The highest BCUT2D eigenvalue weighted by molar-refractivity contribution is 5.88. The number of carbonyl (C=O) groups is 2. The summed E-state index contributed by atoms with van der Waals surface area (Å²) >= 11 is 0. The first-order valence-electron chi connectivity index (χ1n) is 9.83. The summed E-state index contributed by atoms with van der Waals surface area (Å²) in [5.41, 5.74) is 1.19. The van der Waals surface area contributed by atoms with Crippen LogP contribution in [0.15, 0.2) is 63.9 Å². The number of aromatic nitrogens is 1. The molecule has 4 rings (SSSR count). The van der Waals surface area contributed by atoms with Crippen LogP contribution in [0.2, 0.25) is 0 Å². The van der Waals surface area contributed by atoms with Gasteiger partial charge >= 0.3 is 11.6 Å². The van der Waals surface area contributed by atoms with E-state index in [2.05, 4.69) is 10.3 Å². The Hall–Kier alpha value is -4.27. The standard InChI is InChI=1S/C23H20N2O7/c1-12(31-16-5-2-13-3-7-21(27)32-20(13)10-16)22(28)25-19(23(29)30)8-14-11-24-18-6-4-15(26)9-17(14)18/h2-7,9-12,19,24,26H,8H2,1H3,(H,25,28)(H,29,30)/t12-,19-/m0/s1. The SMILES string of the molecule is C[C@H](Oc1ccc2ccc(=O)oc2c1)C(=O)N[C@@H](Cc1c[nH]c2ccc(O)cc12)C(=O)O. The molecule has 4 aromatic rings. The van der Waals surface area contributed by atoms with E-state index in [4.69, 9.17) is 9.15 Å². The summed E-state index contributed by atoms with van der Waals surface area (Å²) in [4.78, 5) is 38.8. The molecule has 0 unspecified atom stereocenters. The van der Waals surface area contributed by atoms with Gasteiger partial charge in [-0.25, -0.2) is 9.59 Å². The first kappa shape index (κ1) is 21.0. The van der Waals surface area contributed by atoms with E-state index in [1.807, 2.05) is 0 Å². The van der Waals surface area contributed by atoms with Gasteiger partial charge in [-0.1, -0.05) is 0 Å². The maximum absolute atomic E-state index is 12.6. The molecule has 4 N–H and O–H groups in total. The Morgan fingerprint density at radius 3 is 2.72 bits per heavy atom. The molecule has 2 aromatic heterocycles. The lowest BCUT2D eigenvalue weighted by Gasteiger charge is -2.19. The number of hydrogen-bond acceptors (Lipinski definition) is 6. The number of benzene rings is 2. The summed E-state index contributed by atoms with van der Waals surface area (Å²) in [7, 11) is 0. The second kappa shape index (κ2) is 8.46. The van der Waals surface area contributed by atoms with Crippen molar-refractivity contribution in [3.8, 4) is 11.5 Å². The van der Waals surface area contributed by atoms with E-state index in [-0.39, 0.29) is 12.2 Å². The summed E-state index contributed by atoms with van der Waals surface area (Å²) in [6.45, 7) is 1.49. The molecule has 0 aliphatic heterocycles. The van der Waals surface area contributed by atoms with Crippen molar-refractivity contribution in [3.63, 3.8) is 0 Å². The Morgan fingerprint density at radius 2 is 1.94 bits per heavy atom. The summed E-state index contributed by atoms with van der Waals surface area (Å²) in [6.07, 6.45) is 0.657. The van der Waals surface area contributed by atoms with Crippen molar-refractivity contribution in [2.24, 2.45) is 0 Å². The second-order valence-electron chi connectivity index (χ2n) is 7.36. The number of phenols is 1. The molecule has 164 valence electrons. The normalized spacial score (nSPS) is 13.0. The number of carboxylic acid groups (broad SMARTS) is 1. The molecular weight excluding hydrogens is 416 g/mol. The summed E-state index contributed by atoms with van der Waals surface area (Å²) in [5, 5.41) is 23.2. The van der Waals surface area contributed by atoms with Crippen molar-refractivity contribution < 1.29 is 29.0 Å². The van der Waals surface area contributed by atoms with Crippen LogP contribution >= 0.6 is 0 Å². The monoisotopic (exact) mass is 436 g/mol. The van der Waals surface area contributed by atoms with Crippen LogP contribution in [-0.4, -0.2) is 39.2 Å². The van der Waals surface area contributed by atoms with E-state index in [1.165, 1.54) is 31.2 Å². The Balaban J connectivity index is 1.47. The summed E-state index contributed by atoms with van der Waals surface area (Å²) < 4.78 is 10.7. The van der Waals surface area contributed by atoms with Crippen LogP contribution in [0.25, 0.3) is 21.9 Å². The van der Waals surface area contributed by atoms with E-state index >= 15 is 0 Å². The topological polar surface area (TPSA) is 142 Å². The molecule has 9 heteroatoms. The highest BCUT2D eigenvalue weighted by Gasteiger charge is 2.25. The van der Waals surface area contributed by atoms with Crippen molar-refractivity contribution in [1.82, 2.24) is 10.3 Å². The first-order valence-corrected chi connectivity index (χ1v) is 9.83. The third-order valence-corrected chi connectivity index (χ3v) is 5.07. The maximum Gasteiger partial charge on any atom is 0.336 e. The highest BCUT2D eigenvalue weighted by atomic mass is 16.5. The minimum atomic E-state index is -1.20. The molecule has 0 radical (unpaired) electrons. The number of ether oxygens (including phenoxy) is 1. The molecule has 0 saturated heterocycles. The largest absolute Gasteiger partial charge is 0.508 e. The number of amides is 1. The number of phenolic OH excluding ortho intramolecular Hbond substituents is 1. The van der Waals surface area contributed by atoms with Crippen LogP contribution < -0.4 is 15.7 Å². The molecule has 0 saturated carbocycles. The molecule has 9 nitrogen and oxygen atoms in total. The van der Waals surface area contributed by atoms with Crippen molar-refractivity contribution in [2.45, 2.75) is 25.5 Å². The Labute approximate surface area is 181 Å². The van der Waals surface area contributed by atoms with Crippen LogP contribution in [0.4, 0.5) is 0 Å². The minimum absolute atomic E-state index is 0.0123. The number of carbonyl (C=O) groups excluding carboxylic acids is 1. The molecule has 2 heterocycles. The number of H-pyrrole nitrogens is 1. The predicted molar refractivity (Wildman–Crippen MR) is 116 cm³/mol. The van der Waals surface area contributed by atoms with Crippen molar-refractivity contribution in [3.05, 3.63) is 70.7 Å². The van der Waals surface area contributed by atoms with E-state index in [1.54, 1.807) is 30.5 Å². The van der Waals surface area contributed by atoms with Crippen molar-refractivity contribution in [1.29, 1.82) is 0 Å². The van der Waals surface area contributed by atoms with Crippen LogP contribution in [-0.2, 0) is 16.0 Å². The zero-order valence-corrected chi connectivity index (χ0v) is 17.0. The fourth-order valence-electron chi connectivity index (χ4n) is 3.42. The van der Waals surface area contributed by atoms with Gasteiger partial charge in [-0.3, -0.25) is 4.79 Å². The van der Waals surface area contributed by atoms with Gasteiger partial charge in [0.1, 0.15) is 23.1 Å². The van der Waals surface area contributed by atoms with Gasteiger partial charge in [-0.2, -0.15) is 0 Å². The second-order valence-corrected chi connectivity index (χ2v) is 7.36. The number of aliphatic carboxylic acids is 1. The molecule has 32 heavy (non-hydrogen) atoms. The van der Waals surface area contributed by atoms with Gasteiger partial charge in [0.25, 0.3) is 5.91 Å². The number of hydrogen-bond donors (Lipinski definition) is 4. The summed E-state index contributed by atoms with van der Waals surface area (Å²) in [6, 6.07) is 11.3. The average Bonchev–Trinajstić information content (AvgIpc) is 3.14. The lowest BCUT2D eigenvalue weighted by atomic mass is 10.0. The fourth-order valence-corrected chi connectivity index (χ4v) is 3.42. The molecule has 1 amide bonds. The molecular formula is C23H20N2O7. The molecule has 0 aliphatic rings. The Kier molecular flexibility index (Phi) is 5.55.